The number of nitrogens with zero attached hydrogens (tertiary/aromatic N) is 2. The Labute approximate surface area is 112 Å². The van der Waals surface area contributed by atoms with E-state index in [4.69, 9.17) is 4.52 Å². The number of carbonyl (C=O) groups excluding carboxylic acids is 1. The molecule has 5 heteroatoms. The predicted molar refractivity (Wildman–Crippen MR) is 68.0 cm³/mol. The zero-order valence-corrected chi connectivity index (χ0v) is 11.0. The summed E-state index contributed by atoms with van der Waals surface area (Å²) >= 11 is 0. The van der Waals surface area contributed by atoms with Crippen LogP contribution in [0.5, 0.6) is 0 Å². The maximum atomic E-state index is 11.8. The zero-order chi connectivity index (χ0) is 13.3. The summed E-state index contributed by atoms with van der Waals surface area (Å²) in [5.74, 6) is 6.66. The number of nitrogens with one attached hydrogen (secondary N) is 1. The third kappa shape index (κ3) is 2.35. The van der Waals surface area contributed by atoms with E-state index in [1.165, 1.54) is 0 Å². The van der Waals surface area contributed by atoms with Crippen LogP contribution in [0.4, 0.5) is 0 Å². The van der Waals surface area contributed by atoms with Crippen molar-refractivity contribution in [1.29, 1.82) is 0 Å². The lowest BCUT2D eigenvalue weighted by molar-refractivity contribution is -0.117. The Morgan fingerprint density at radius 1 is 1.42 bits per heavy atom. The minimum Gasteiger partial charge on any atom is -0.339 e. The quantitative estimate of drug-likeness (QED) is 0.841. The SMILES string of the molecule is CC#CC(=O)NC1(c2noc(C3CC3)n2)CCCC1. The van der Waals surface area contributed by atoms with Crippen molar-refractivity contribution in [1.82, 2.24) is 15.5 Å². The van der Waals surface area contributed by atoms with Gasteiger partial charge in [-0.05, 0) is 38.5 Å². The number of amides is 1. The average molecular weight is 259 g/mol. The van der Waals surface area contributed by atoms with Gasteiger partial charge in [0.1, 0.15) is 5.54 Å². The third-order valence-electron chi connectivity index (χ3n) is 3.84. The lowest BCUT2D eigenvalue weighted by Crippen LogP contribution is -2.44. The van der Waals surface area contributed by atoms with Crippen LogP contribution < -0.4 is 5.32 Å². The average Bonchev–Trinajstić information content (AvgIpc) is 2.92. The van der Waals surface area contributed by atoms with Crippen molar-refractivity contribution in [2.45, 2.75) is 56.9 Å². The van der Waals surface area contributed by atoms with Crippen LogP contribution in [0, 0.1) is 11.8 Å². The first-order valence-electron chi connectivity index (χ1n) is 6.82. The second kappa shape index (κ2) is 4.69. The lowest BCUT2D eigenvalue weighted by Gasteiger charge is -2.25. The van der Waals surface area contributed by atoms with Gasteiger partial charge in [0.05, 0.1) is 0 Å². The van der Waals surface area contributed by atoms with Gasteiger partial charge in [-0.1, -0.05) is 23.9 Å². The van der Waals surface area contributed by atoms with Crippen LogP contribution >= 0.6 is 0 Å². The van der Waals surface area contributed by atoms with Crippen molar-refractivity contribution in [3.05, 3.63) is 11.7 Å². The maximum Gasteiger partial charge on any atom is 0.296 e. The van der Waals surface area contributed by atoms with Crippen molar-refractivity contribution >= 4 is 5.91 Å². The summed E-state index contributed by atoms with van der Waals surface area (Å²) in [4.78, 5) is 16.3. The smallest absolute Gasteiger partial charge is 0.296 e. The Morgan fingerprint density at radius 3 is 2.79 bits per heavy atom. The van der Waals surface area contributed by atoms with Crippen LogP contribution in [0.25, 0.3) is 0 Å². The second-order valence-electron chi connectivity index (χ2n) is 5.35. The van der Waals surface area contributed by atoms with Crippen molar-refractivity contribution in [3.8, 4) is 11.8 Å². The van der Waals surface area contributed by atoms with E-state index in [0.29, 0.717) is 11.7 Å². The van der Waals surface area contributed by atoms with E-state index in [1.807, 2.05) is 0 Å². The minimum absolute atomic E-state index is 0.262. The minimum atomic E-state index is -0.475. The molecular formula is C14H17N3O2. The van der Waals surface area contributed by atoms with E-state index in [1.54, 1.807) is 6.92 Å². The van der Waals surface area contributed by atoms with Gasteiger partial charge in [0.2, 0.25) is 5.89 Å². The summed E-state index contributed by atoms with van der Waals surface area (Å²) < 4.78 is 5.32. The highest BCUT2D eigenvalue weighted by molar-refractivity contribution is 5.93. The lowest BCUT2D eigenvalue weighted by atomic mass is 9.96. The highest BCUT2D eigenvalue weighted by atomic mass is 16.5. The molecule has 0 aromatic carbocycles. The molecule has 0 unspecified atom stereocenters. The zero-order valence-electron chi connectivity index (χ0n) is 11.0. The molecule has 2 aliphatic carbocycles. The molecule has 3 rings (SSSR count). The Morgan fingerprint density at radius 2 is 2.16 bits per heavy atom. The summed E-state index contributed by atoms with van der Waals surface area (Å²) in [5.41, 5.74) is -0.475. The fourth-order valence-electron chi connectivity index (χ4n) is 2.67. The highest BCUT2D eigenvalue weighted by Crippen LogP contribution is 2.42. The molecule has 100 valence electrons. The second-order valence-corrected chi connectivity index (χ2v) is 5.35. The first-order valence-corrected chi connectivity index (χ1v) is 6.82. The molecule has 19 heavy (non-hydrogen) atoms. The van der Waals surface area contributed by atoms with Crippen LogP contribution in [0.2, 0.25) is 0 Å². The Bertz CT molecular complexity index is 543. The van der Waals surface area contributed by atoms with Gasteiger partial charge in [0, 0.05) is 5.92 Å². The van der Waals surface area contributed by atoms with E-state index < -0.39 is 5.54 Å². The normalized spacial score (nSPS) is 20.7. The molecule has 2 aliphatic rings. The number of carbonyl (C=O) groups is 1. The predicted octanol–water partition coefficient (Wildman–Crippen LogP) is 1.86. The molecule has 2 saturated carbocycles. The molecule has 2 fully saturated rings. The van der Waals surface area contributed by atoms with Gasteiger partial charge in [-0.3, -0.25) is 4.79 Å². The van der Waals surface area contributed by atoms with E-state index in [9.17, 15) is 4.79 Å². The summed E-state index contributed by atoms with van der Waals surface area (Å²) in [7, 11) is 0. The summed E-state index contributed by atoms with van der Waals surface area (Å²) in [6.07, 6.45) is 6.09. The van der Waals surface area contributed by atoms with Crippen LogP contribution in [-0.2, 0) is 10.3 Å². The topological polar surface area (TPSA) is 68.0 Å². The van der Waals surface area contributed by atoms with Gasteiger partial charge >= 0.3 is 0 Å². The number of aromatic nitrogens is 2. The molecule has 1 N–H and O–H groups in total. The first-order chi connectivity index (χ1) is 9.23. The number of hydrogen-bond acceptors (Lipinski definition) is 4. The monoisotopic (exact) mass is 259 g/mol. The molecule has 1 heterocycles. The van der Waals surface area contributed by atoms with E-state index in [-0.39, 0.29) is 5.91 Å². The Balaban J connectivity index is 1.85. The summed E-state index contributed by atoms with van der Waals surface area (Å²) in [5, 5.41) is 7.08. The standard InChI is InChI=1S/C14H17N3O2/c1-2-5-11(18)16-14(8-3-4-9-14)13-15-12(19-17-13)10-6-7-10/h10H,3-4,6-9H2,1H3,(H,16,18). The molecule has 1 amide bonds. The molecule has 0 atom stereocenters. The molecule has 0 aliphatic heterocycles. The molecule has 1 aromatic rings. The fourth-order valence-corrected chi connectivity index (χ4v) is 2.67. The Kier molecular flexibility index (Phi) is 3.02. The van der Waals surface area contributed by atoms with Crippen molar-refractivity contribution in [3.63, 3.8) is 0 Å². The molecular weight excluding hydrogens is 242 g/mol. The van der Waals surface area contributed by atoms with Gasteiger partial charge in [-0.25, -0.2) is 0 Å². The van der Waals surface area contributed by atoms with E-state index in [2.05, 4.69) is 27.3 Å². The van der Waals surface area contributed by atoms with Gasteiger partial charge in [-0.2, -0.15) is 4.98 Å². The maximum absolute atomic E-state index is 11.8. The van der Waals surface area contributed by atoms with Crippen LogP contribution in [0.15, 0.2) is 4.52 Å². The molecule has 1 aromatic heterocycles. The van der Waals surface area contributed by atoms with Gasteiger partial charge in [0.15, 0.2) is 5.82 Å². The third-order valence-corrected chi connectivity index (χ3v) is 3.84. The number of rotatable bonds is 3. The number of hydrogen-bond donors (Lipinski definition) is 1. The van der Waals surface area contributed by atoms with Crippen molar-refractivity contribution in [2.75, 3.05) is 0 Å². The first kappa shape index (κ1) is 12.2. The van der Waals surface area contributed by atoms with Crippen LogP contribution in [-0.4, -0.2) is 16.0 Å². The van der Waals surface area contributed by atoms with Gasteiger partial charge < -0.3 is 9.84 Å². The van der Waals surface area contributed by atoms with Crippen molar-refractivity contribution in [2.24, 2.45) is 0 Å². The highest BCUT2D eigenvalue weighted by Gasteiger charge is 2.42. The van der Waals surface area contributed by atoms with Crippen LogP contribution in [0.1, 0.15) is 63.1 Å². The molecule has 5 nitrogen and oxygen atoms in total. The van der Waals surface area contributed by atoms with Gasteiger partial charge in [-0.15, -0.1) is 0 Å². The van der Waals surface area contributed by atoms with Gasteiger partial charge in [0.25, 0.3) is 5.91 Å². The van der Waals surface area contributed by atoms with E-state index >= 15 is 0 Å². The largest absolute Gasteiger partial charge is 0.339 e. The van der Waals surface area contributed by atoms with Crippen LogP contribution in [0.3, 0.4) is 0 Å². The van der Waals surface area contributed by atoms with E-state index in [0.717, 1.165) is 44.4 Å². The molecule has 0 spiro atoms. The summed E-state index contributed by atoms with van der Waals surface area (Å²) in [6.45, 7) is 1.65. The molecule has 0 radical (unpaired) electrons. The van der Waals surface area contributed by atoms with Crippen molar-refractivity contribution < 1.29 is 9.32 Å². The molecule has 0 bridgehead atoms. The fraction of sp³-hybridized carbons (Fsp3) is 0.643. The molecule has 0 saturated heterocycles. The summed E-state index contributed by atoms with van der Waals surface area (Å²) in [6, 6.07) is 0. The Hall–Kier alpha value is -1.83.